The van der Waals surface area contributed by atoms with E-state index in [0.717, 1.165) is 6.92 Å². The number of nitrogens with zero attached hydrogens (tertiary/aromatic N) is 2. The minimum absolute atomic E-state index is 0.195. The van der Waals surface area contributed by atoms with E-state index < -0.39 is 12.0 Å². The van der Waals surface area contributed by atoms with Crippen molar-refractivity contribution in [3.63, 3.8) is 0 Å². The minimum atomic E-state index is -2.67. The molecule has 2 aliphatic heterocycles. The molecule has 0 aliphatic carbocycles. The first-order valence-electron chi connectivity index (χ1n) is 5.41. The van der Waals surface area contributed by atoms with E-state index >= 15 is 0 Å². The Morgan fingerprint density at radius 3 is 2.19 bits per heavy atom. The second-order valence-corrected chi connectivity index (χ2v) is 4.96. The first-order valence-corrected chi connectivity index (χ1v) is 5.41. The van der Waals surface area contributed by atoms with Gasteiger partial charge in [-0.15, -0.1) is 0 Å². The molecule has 0 spiro atoms. The zero-order valence-electron chi connectivity index (χ0n) is 9.16. The summed E-state index contributed by atoms with van der Waals surface area (Å²) in [5.41, 5.74) is 0. The number of amides is 1. The normalized spacial score (nSPS) is 30.8. The number of fused-ring (bicyclic) bond motifs is 1. The van der Waals surface area contributed by atoms with Crippen LogP contribution in [0.2, 0.25) is 0 Å². The Hall–Kier alpha value is -0.910. The summed E-state index contributed by atoms with van der Waals surface area (Å²) in [5, 5.41) is 10.6. The molecule has 0 aromatic heterocycles. The van der Waals surface area contributed by atoms with E-state index in [0.29, 0.717) is 26.2 Å². The van der Waals surface area contributed by atoms with Crippen LogP contribution in [0.5, 0.6) is 0 Å². The van der Waals surface area contributed by atoms with Crippen LogP contribution in [0.25, 0.3) is 0 Å². The summed E-state index contributed by atoms with van der Waals surface area (Å²) < 4.78 is 25.6. The molecule has 4 nitrogen and oxygen atoms in total. The Balaban J connectivity index is 1.87. The highest BCUT2D eigenvalue weighted by Gasteiger charge is 2.41. The van der Waals surface area contributed by atoms with E-state index in [9.17, 15) is 18.7 Å². The molecule has 2 unspecified atom stereocenters. The number of halogens is 2. The van der Waals surface area contributed by atoms with Gasteiger partial charge in [-0.2, -0.15) is 0 Å². The summed E-state index contributed by atoms with van der Waals surface area (Å²) in [7, 11) is 0. The van der Waals surface area contributed by atoms with Crippen molar-refractivity contribution in [1.82, 2.24) is 9.80 Å². The molecule has 16 heavy (non-hydrogen) atoms. The smallest absolute Gasteiger partial charge is 0.257 e. The third kappa shape index (κ3) is 2.42. The predicted molar refractivity (Wildman–Crippen MR) is 51.0 cm³/mol. The molecule has 2 heterocycles. The van der Waals surface area contributed by atoms with Gasteiger partial charge in [-0.3, -0.25) is 4.90 Å². The van der Waals surface area contributed by atoms with Crippen molar-refractivity contribution in [2.24, 2.45) is 11.8 Å². The summed E-state index contributed by atoms with van der Waals surface area (Å²) in [6.07, 6.45) is -1.15. The Labute approximate surface area is 92.8 Å². The lowest BCUT2D eigenvalue weighted by Gasteiger charge is -2.24. The van der Waals surface area contributed by atoms with Gasteiger partial charge >= 0.3 is 0 Å². The van der Waals surface area contributed by atoms with Crippen LogP contribution in [0.4, 0.5) is 13.6 Å². The molecule has 0 N–H and O–H groups in total. The molecule has 2 saturated heterocycles. The largest absolute Gasteiger partial charge is 0.530 e. The molecule has 0 bridgehead atoms. The van der Waals surface area contributed by atoms with E-state index in [2.05, 4.69) is 0 Å². The molecule has 0 aromatic carbocycles. The first kappa shape index (κ1) is 11.6. The Morgan fingerprint density at radius 2 is 1.81 bits per heavy atom. The van der Waals surface area contributed by atoms with Crippen molar-refractivity contribution in [3.05, 3.63) is 0 Å². The van der Waals surface area contributed by atoms with Gasteiger partial charge in [-0.1, -0.05) is 0 Å². The maximum atomic E-state index is 12.8. The van der Waals surface area contributed by atoms with Crippen LogP contribution in [0, 0.1) is 11.8 Å². The average molecular weight is 233 g/mol. The first-order chi connectivity index (χ1) is 7.35. The summed E-state index contributed by atoms with van der Waals surface area (Å²) in [6, 6.07) is 0. The average Bonchev–Trinajstić information content (AvgIpc) is 2.56. The van der Waals surface area contributed by atoms with Gasteiger partial charge in [0.25, 0.3) is 5.92 Å². The quantitative estimate of drug-likeness (QED) is 0.666. The van der Waals surface area contributed by atoms with Crippen molar-refractivity contribution < 1.29 is 18.7 Å². The zero-order chi connectivity index (χ0) is 11.9. The van der Waals surface area contributed by atoms with E-state index in [-0.39, 0.29) is 18.4 Å². The fraction of sp³-hybridized carbons (Fsp3) is 0.900. The second kappa shape index (κ2) is 3.84. The highest BCUT2D eigenvalue weighted by Crippen LogP contribution is 2.32. The fourth-order valence-electron chi connectivity index (χ4n) is 2.76. The Morgan fingerprint density at radius 1 is 1.31 bits per heavy atom. The zero-order valence-corrected chi connectivity index (χ0v) is 9.16. The molecule has 2 atom stereocenters. The SMILES string of the molecule is CC(F)(F)CN1CC2CN(C(=O)[O-])CC2C1. The number of carbonyl (C=O) groups excluding carboxylic acids is 1. The van der Waals surface area contributed by atoms with Crippen molar-refractivity contribution >= 4 is 6.09 Å². The lowest BCUT2D eigenvalue weighted by molar-refractivity contribution is -0.264. The second-order valence-electron chi connectivity index (χ2n) is 4.96. The number of hydrogen-bond donors (Lipinski definition) is 0. The molecule has 1 amide bonds. The highest BCUT2D eigenvalue weighted by atomic mass is 19.3. The molecule has 2 fully saturated rings. The molecule has 2 rings (SSSR count). The van der Waals surface area contributed by atoms with E-state index in [1.54, 1.807) is 4.90 Å². The maximum absolute atomic E-state index is 12.8. The van der Waals surface area contributed by atoms with Crippen LogP contribution in [-0.2, 0) is 0 Å². The van der Waals surface area contributed by atoms with Gasteiger partial charge in [0.15, 0.2) is 0 Å². The van der Waals surface area contributed by atoms with Crippen molar-refractivity contribution in [3.8, 4) is 0 Å². The van der Waals surface area contributed by atoms with Crippen LogP contribution in [0.3, 0.4) is 0 Å². The van der Waals surface area contributed by atoms with Crippen molar-refractivity contribution in [1.29, 1.82) is 0 Å². The summed E-state index contributed by atoms with van der Waals surface area (Å²) in [6.45, 7) is 2.67. The summed E-state index contributed by atoms with van der Waals surface area (Å²) >= 11 is 0. The van der Waals surface area contributed by atoms with Gasteiger partial charge in [0.05, 0.1) is 6.54 Å². The van der Waals surface area contributed by atoms with Gasteiger partial charge < -0.3 is 14.8 Å². The van der Waals surface area contributed by atoms with E-state index in [1.807, 2.05) is 0 Å². The number of carboxylic acid groups (broad SMARTS) is 1. The lowest BCUT2D eigenvalue weighted by Crippen LogP contribution is -2.42. The number of carbonyl (C=O) groups is 1. The highest BCUT2D eigenvalue weighted by molar-refractivity contribution is 5.63. The van der Waals surface area contributed by atoms with Crippen LogP contribution in [0.1, 0.15) is 6.92 Å². The molecule has 2 aliphatic rings. The molecule has 92 valence electrons. The number of likely N-dealkylation sites (tertiary alicyclic amines) is 2. The Bertz CT molecular complexity index is 279. The third-order valence-corrected chi connectivity index (χ3v) is 3.32. The monoisotopic (exact) mass is 233 g/mol. The molecule has 0 radical (unpaired) electrons. The number of rotatable bonds is 2. The number of hydrogen-bond acceptors (Lipinski definition) is 3. The maximum Gasteiger partial charge on any atom is 0.257 e. The minimum Gasteiger partial charge on any atom is -0.530 e. The molecular formula is C10H15F2N2O2-. The summed E-state index contributed by atoms with van der Waals surface area (Å²) in [5.74, 6) is -2.28. The fourth-order valence-corrected chi connectivity index (χ4v) is 2.76. The summed E-state index contributed by atoms with van der Waals surface area (Å²) in [4.78, 5) is 13.6. The van der Waals surface area contributed by atoms with Crippen molar-refractivity contribution in [2.75, 3.05) is 32.7 Å². The van der Waals surface area contributed by atoms with E-state index in [4.69, 9.17) is 0 Å². The molecule has 0 aromatic rings. The van der Waals surface area contributed by atoms with Gasteiger partial charge in [-0.25, -0.2) is 8.78 Å². The van der Waals surface area contributed by atoms with Gasteiger partial charge in [-0.05, 0) is 11.8 Å². The van der Waals surface area contributed by atoms with Crippen LogP contribution in [-0.4, -0.2) is 54.5 Å². The molecule has 0 saturated carbocycles. The molecule has 6 heteroatoms. The van der Waals surface area contributed by atoms with Crippen LogP contribution >= 0.6 is 0 Å². The topological polar surface area (TPSA) is 46.6 Å². The third-order valence-electron chi connectivity index (χ3n) is 3.32. The number of alkyl halides is 2. The predicted octanol–water partition coefficient (Wildman–Crippen LogP) is -0.151. The van der Waals surface area contributed by atoms with Crippen LogP contribution < -0.4 is 5.11 Å². The van der Waals surface area contributed by atoms with Crippen molar-refractivity contribution in [2.45, 2.75) is 12.8 Å². The molecular weight excluding hydrogens is 218 g/mol. The van der Waals surface area contributed by atoms with Gasteiger partial charge in [0.1, 0.15) is 6.09 Å². The lowest BCUT2D eigenvalue weighted by atomic mass is 10.0. The Kier molecular flexibility index (Phi) is 2.77. The standard InChI is InChI=1S/C10H16F2N2O2/c1-10(11,12)6-13-2-7-4-14(9(15)16)5-8(7)3-13/h7-8H,2-6H2,1H3,(H,15,16)/p-1. The van der Waals surface area contributed by atoms with Crippen LogP contribution in [0.15, 0.2) is 0 Å². The van der Waals surface area contributed by atoms with E-state index in [1.165, 1.54) is 4.90 Å². The van der Waals surface area contributed by atoms with Gasteiger partial charge in [0.2, 0.25) is 0 Å². The van der Waals surface area contributed by atoms with Gasteiger partial charge in [0, 0.05) is 33.1 Å².